The van der Waals surface area contributed by atoms with Crippen LogP contribution < -0.4 is 5.32 Å². The quantitative estimate of drug-likeness (QED) is 0.775. The van der Waals surface area contributed by atoms with Crippen molar-refractivity contribution in [3.05, 3.63) is 39.6 Å². The first-order valence-corrected chi connectivity index (χ1v) is 9.67. The number of piperidine rings is 1. The summed E-state index contributed by atoms with van der Waals surface area (Å²) in [5.41, 5.74) is 2.46. The van der Waals surface area contributed by atoms with E-state index in [2.05, 4.69) is 17.4 Å². The fourth-order valence-electron chi connectivity index (χ4n) is 3.49. The Morgan fingerprint density at radius 1 is 1.24 bits per heavy atom. The molecule has 0 unspecified atom stereocenters. The minimum absolute atomic E-state index is 0.257. The van der Waals surface area contributed by atoms with E-state index in [0.717, 1.165) is 54.8 Å². The van der Waals surface area contributed by atoms with Crippen LogP contribution in [0.25, 0.3) is 11.3 Å². The lowest BCUT2D eigenvalue weighted by molar-refractivity contribution is 0.0122. The van der Waals surface area contributed by atoms with Crippen LogP contribution >= 0.6 is 23.2 Å². The first-order chi connectivity index (χ1) is 12.1. The second-order valence-corrected chi connectivity index (χ2v) is 7.87. The Hall–Kier alpha value is -1.07. The zero-order valence-corrected chi connectivity index (χ0v) is 15.7. The molecule has 2 heterocycles. The summed E-state index contributed by atoms with van der Waals surface area (Å²) in [5, 5.41) is 8.93. The highest BCUT2D eigenvalue weighted by atomic mass is 35.5. The Balaban J connectivity index is 1.62. The van der Waals surface area contributed by atoms with Crippen molar-refractivity contribution in [1.82, 2.24) is 10.5 Å². The lowest BCUT2D eigenvalue weighted by Crippen LogP contribution is -2.39. The van der Waals surface area contributed by atoms with Crippen molar-refractivity contribution in [3.63, 3.8) is 0 Å². The van der Waals surface area contributed by atoms with Gasteiger partial charge in [-0.1, -0.05) is 34.4 Å². The molecule has 2 aromatic rings. The molecule has 1 saturated carbocycles. The van der Waals surface area contributed by atoms with E-state index < -0.39 is 0 Å². The van der Waals surface area contributed by atoms with Crippen molar-refractivity contribution in [2.75, 3.05) is 6.54 Å². The summed E-state index contributed by atoms with van der Waals surface area (Å²) >= 11 is 12.8. The molecule has 1 aromatic heterocycles. The van der Waals surface area contributed by atoms with Crippen molar-refractivity contribution in [2.45, 2.75) is 57.3 Å². The molecule has 1 aliphatic carbocycles. The molecule has 1 aliphatic heterocycles. The van der Waals surface area contributed by atoms with Crippen LogP contribution in [0.1, 0.15) is 49.8 Å². The Morgan fingerprint density at radius 2 is 2.00 bits per heavy atom. The van der Waals surface area contributed by atoms with E-state index in [4.69, 9.17) is 32.5 Å². The Bertz CT molecular complexity index is 738. The van der Waals surface area contributed by atoms with E-state index >= 15 is 0 Å². The first kappa shape index (κ1) is 17.3. The van der Waals surface area contributed by atoms with E-state index in [1.54, 1.807) is 0 Å². The average molecular weight is 381 g/mol. The number of rotatable bonds is 5. The van der Waals surface area contributed by atoms with Gasteiger partial charge in [0, 0.05) is 23.1 Å². The van der Waals surface area contributed by atoms with Crippen molar-refractivity contribution >= 4 is 23.2 Å². The molecule has 0 radical (unpaired) electrons. The Morgan fingerprint density at radius 3 is 2.68 bits per heavy atom. The highest BCUT2D eigenvalue weighted by molar-refractivity contribution is 6.39. The minimum atomic E-state index is 0.257. The summed E-state index contributed by atoms with van der Waals surface area (Å²) in [6, 6.07) is 5.98. The fourth-order valence-corrected chi connectivity index (χ4v) is 4.06. The molecule has 4 nitrogen and oxygen atoms in total. The second-order valence-electron chi connectivity index (χ2n) is 7.06. The van der Waals surface area contributed by atoms with Gasteiger partial charge >= 0.3 is 0 Å². The first-order valence-electron chi connectivity index (χ1n) is 8.91. The van der Waals surface area contributed by atoms with Gasteiger partial charge < -0.3 is 14.6 Å². The zero-order chi connectivity index (χ0) is 17.4. The maximum Gasteiger partial charge on any atom is 0.145 e. The third-order valence-corrected chi connectivity index (χ3v) is 5.64. The van der Waals surface area contributed by atoms with Crippen LogP contribution in [0.2, 0.25) is 10.0 Å². The maximum atomic E-state index is 6.39. The van der Waals surface area contributed by atoms with Crippen molar-refractivity contribution in [3.8, 4) is 11.3 Å². The van der Waals surface area contributed by atoms with Gasteiger partial charge in [0.25, 0.3) is 0 Å². The largest absolute Gasteiger partial charge is 0.373 e. The maximum absolute atomic E-state index is 6.39. The van der Waals surface area contributed by atoms with Crippen molar-refractivity contribution in [1.29, 1.82) is 0 Å². The summed E-state index contributed by atoms with van der Waals surface area (Å²) in [6.45, 7) is 3.68. The molecular formula is C19H22Cl2N2O2. The lowest BCUT2D eigenvalue weighted by atomic mass is 10.0. The van der Waals surface area contributed by atoms with E-state index in [1.807, 2.05) is 18.2 Å². The molecule has 1 saturated heterocycles. The van der Waals surface area contributed by atoms with Gasteiger partial charge in [0.15, 0.2) is 0 Å². The molecule has 1 aromatic carbocycles. The number of ether oxygens (including phenoxy) is 1. The molecule has 1 N–H and O–H groups in total. The Labute approximate surface area is 157 Å². The van der Waals surface area contributed by atoms with Gasteiger partial charge in [-0.05, 0) is 51.3 Å². The summed E-state index contributed by atoms with van der Waals surface area (Å²) in [7, 11) is 0. The number of halogens is 2. The van der Waals surface area contributed by atoms with Crippen LogP contribution in [0.15, 0.2) is 22.7 Å². The number of aromatic nitrogens is 1. The van der Waals surface area contributed by atoms with Crippen LogP contribution in [-0.2, 0) is 11.3 Å². The highest BCUT2D eigenvalue weighted by Crippen LogP contribution is 2.46. The molecule has 6 heteroatoms. The standard InChI is InChI=1S/C19H22Cl2N2O2/c1-11-9-13(7-8-22-11)24-10-14-18(23-25-19(14)12-5-6-12)17-15(20)3-2-4-16(17)21/h2-4,11-13,22H,5-10H2,1H3/t11-,13-/m0/s1. The van der Waals surface area contributed by atoms with E-state index in [-0.39, 0.29) is 6.10 Å². The van der Waals surface area contributed by atoms with Crippen molar-refractivity contribution < 1.29 is 9.26 Å². The monoisotopic (exact) mass is 380 g/mol. The van der Waals surface area contributed by atoms with Crippen LogP contribution in [0.4, 0.5) is 0 Å². The number of hydrogen-bond acceptors (Lipinski definition) is 4. The molecule has 2 atom stereocenters. The molecule has 0 spiro atoms. The molecule has 4 rings (SSSR count). The third-order valence-electron chi connectivity index (χ3n) is 5.01. The fraction of sp³-hybridized carbons (Fsp3) is 0.526. The normalized spacial score (nSPS) is 23.8. The van der Waals surface area contributed by atoms with Gasteiger partial charge in [-0.15, -0.1) is 0 Å². The molecule has 134 valence electrons. The highest BCUT2D eigenvalue weighted by Gasteiger charge is 2.34. The number of hydrogen-bond donors (Lipinski definition) is 1. The number of benzene rings is 1. The van der Waals surface area contributed by atoms with Gasteiger partial charge in [-0.2, -0.15) is 0 Å². The molecule has 2 aliphatic rings. The van der Waals surface area contributed by atoms with Gasteiger partial charge in [-0.3, -0.25) is 0 Å². The molecule has 0 amide bonds. The Kier molecular flexibility index (Phi) is 5.05. The van der Waals surface area contributed by atoms with Crippen LogP contribution in [0.5, 0.6) is 0 Å². The summed E-state index contributed by atoms with van der Waals surface area (Å²) in [5.74, 6) is 1.39. The predicted molar refractivity (Wildman–Crippen MR) is 99.2 cm³/mol. The van der Waals surface area contributed by atoms with E-state index in [1.165, 1.54) is 0 Å². The minimum Gasteiger partial charge on any atom is -0.373 e. The predicted octanol–water partition coefficient (Wildman–Crippen LogP) is 5.18. The molecule has 0 bridgehead atoms. The van der Waals surface area contributed by atoms with Crippen molar-refractivity contribution in [2.24, 2.45) is 0 Å². The topological polar surface area (TPSA) is 47.3 Å². The van der Waals surface area contributed by atoms with Crippen LogP contribution in [0.3, 0.4) is 0 Å². The van der Waals surface area contributed by atoms with Gasteiger partial charge in [0.2, 0.25) is 0 Å². The zero-order valence-electron chi connectivity index (χ0n) is 14.2. The van der Waals surface area contributed by atoms with E-state index in [9.17, 15) is 0 Å². The molecular weight excluding hydrogens is 359 g/mol. The van der Waals surface area contributed by atoms with Gasteiger partial charge in [-0.25, -0.2) is 0 Å². The third kappa shape index (κ3) is 3.72. The SMILES string of the molecule is C[C@H]1C[C@@H](OCc2c(-c3c(Cl)cccc3Cl)noc2C2CC2)CCN1. The van der Waals surface area contributed by atoms with E-state index in [0.29, 0.717) is 28.6 Å². The van der Waals surface area contributed by atoms with Gasteiger partial charge in [0.05, 0.1) is 22.8 Å². The van der Waals surface area contributed by atoms with Crippen LogP contribution in [-0.4, -0.2) is 23.8 Å². The summed E-state index contributed by atoms with van der Waals surface area (Å²) in [6.07, 6.45) is 4.58. The van der Waals surface area contributed by atoms with Crippen LogP contribution in [0, 0.1) is 0 Å². The van der Waals surface area contributed by atoms with Gasteiger partial charge in [0.1, 0.15) is 11.5 Å². The molecule has 25 heavy (non-hydrogen) atoms. The second kappa shape index (κ2) is 7.28. The number of nitrogens with one attached hydrogen (secondary N) is 1. The summed E-state index contributed by atoms with van der Waals surface area (Å²) < 4.78 is 11.9. The number of nitrogens with zero attached hydrogens (tertiary/aromatic N) is 1. The summed E-state index contributed by atoms with van der Waals surface area (Å²) in [4.78, 5) is 0. The molecule has 2 fully saturated rings. The smallest absolute Gasteiger partial charge is 0.145 e. The average Bonchev–Trinajstić information content (AvgIpc) is 3.34. The lowest BCUT2D eigenvalue weighted by Gasteiger charge is -2.28.